The van der Waals surface area contributed by atoms with E-state index in [1.165, 1.54) is 24.9 Å². The second-order valence-electron chi connectivity index (χ2n) is 4.43. The minimum Gasteiger partial charge on any atom is -0.481 e. The SMILES string of the molecule is CC(CC(=O)N(C)Cc1cc(Br)ccc1F)C(=O)O. The molecule has 1 atom stereocenters. The number of hydrogen-bond acceptors (Lipinski definition) is 2. The lowest BCUT2D eigenvalue weighted by Crippen LogP contribution is -2.29. The van der Waals surface area contributed by atoms with Gasteiger partial charge in [-0.15, -0.1) is 0 Å². The van der Waals surface area contributed by atoms with Crippen LogP contribution >= 0.6 is 15.9 Å². The molecule has 0 saturated heterocycles. The summed E-state index contributed by atoms with van der Waals surface area (Å²) in [6.45, 7) is 1.57. The molecule has 1 N–H and O–H groups in total. The fourth-order valence-electron chi connectivity index (χ4n) is 1.51. The molecule has 1 aromatic carbocycles. The summed E-state index contributed by atoms with van der Waals surface area (Å²) in [6, 6.07) is 4.49. The highest BCUT2D eigenvalue weighted by molar-refractivity contribution is 9.10. The van der Waals surface area contributed by atoms with Gasteiger partial charge in [-0.2, -0.15) is 0 Å². The van der Waals surface area contributed by atoms with Crippen molar-refractivity contribution in [2.75, 3.05) is 7.05 Å². The Labute approximate surface area is 119 Å². The van der Waals surface area contributed by atoms with E-state index >= 15 is 0 Å². The van der Waals surface area contributed by atoms with Crippen LogP contribution in [0.3, 0.4) is 0 Å². The molecule has 0 heterocycles. The smallest absolute Gasteiger partial charge is 0.306 e. The number of hydrogen-bond donors (Lipinski definition) is 1. The number of carboxylic acid groups (broad SMARTS) is 1. The molecule has 0 aliphatic heterocycles. The second-order valence-corrected chi connectivity index (χ2v) is 5.34. The maximum atomic E-state index is 13.5. The summed E-state index contributed by atoms with van der Waals surface area (Å²) in [5.41, 5.74) is 0.383. The molecule has 0 aliphatic carbocycles. The van der Waals surface area contributed by atoms with Gasteiger partial charge in [-0.05, 0) is 18.2 Å². The van der Waals surface area contributed by atoms with Crippen LogP contribution in [0.15, 0.2) is 22.7 Å². The van der Waals surface area contributed by atoms with Gasteiger partial charge in [-0.3, -0.25) is 9.59 Å². The molecule has 0 fully saturated rings. The number of carbonyl (C=O) groups is 2. The molecular weight excluding hydrogens is 317 g/mol. The first-order valence-corrected chi connectivity index (χ1v) is 6.51. The Morgan fingerprint density at radius 2 is 2.11 bits per heavy atom. The van der Waals surface area contributed by atoms with Crippen LogP contribution in [0.5, 0.6) is 0 Å². The maximum Gasteiger partial charge on any atom is 0.306 e. The third-order valence-corrected chi connectivity index (χ3v) is 3.24. The monoisotopic (exact) mass is 331 g/mol. The molecule has 6 heteroatoms. The normalized spacial score (nSPS) is 12.0. The van der Waals surface area contributed by atoms with E-state index in [1.807, 2.05) is 0 Å². The summed E-state index contributed by atoms with van der Waals surface area (Å²) in [6.07, 6.45) is -0.0958. The predicted molar refractivity (Wildman–Crippen MR) is 72.0 cm³/mol. The number of nitrogens with zero attached hydrogens (tertiary/aromatic N) is 1. The fourth-order valence-corrected chi connectivity index (χ4v) is 1.92. The summed E-state index contributed by atoms with van der Waals surface area (Å²) in [5, 5.41) is 8.75. The Hall–Kier alpha value is -1.43. The largest absolute Gasteiger partial charge is 0.481 e. The Balaban J connectivity index is 2.68. The Morgan fingerprint density at radius 3 is 2.68 bits per heavy atom. The molecule has 1 aromatic rings. The number of carboxylic acids is 1. The van der Waals surface area contributed by atoms with Gasteiger partial charge in [0.2, 0.25) is 5.91 Å². The highest BCUT2D eigenvalue weighted by Gasteiger charge is 2.19. The summed E-state index contributed by atoms with van der Waals surface area (Å²) in [4.78, 5) is 23.8. The highest BCUT2D eigenvalue weighted by atomic mass is 79.9. The van der Waals surface area contributed by atoms with Crippen LogP contribution in [0.4, 0.5) is 4.39 Å². The van der Waals surface area contributed by atoms with E-state index in [9.17, 15) is 14.0 Å². The zero-order valence-electron chi connectivity index (χ0n) is 10.7. The van der Waals surface area contributed by atoms with Crippen molar-refractivity contribution in [1.29, 1.82) is 0 Å². The van der Waals surface area contributed by atoms with Crippen LogP contribution in [0.25, 0.3) is 0 Å². The minimum absolute atomic E-state index is 0.0958. The lowest BCUT2D eigenvalue weighted by molar-refractivity contribution is -0.145. The molecule has 0 aromatic heterocycles. The van der Waals surface area contributed by atoms with Gasteiger partial charge in [0.05, 0.1) is 5.92 Å². The molecule has 1 amide bonds. The quantitative estimate of drug-likeness (QED) is 0.902. The molecule has 104 valence electrons. The number of benzene rings is 1. The predicted octanol–water partition coefficient (Wildman–Crippen LogP) is 2.66. The van der Waals surface area contributed by atoms with Gasteiger partial charge in [0.25, 0.3) is 0 Å². The summed E-state index contributed by atoms with van der Waals surface area (Å²) in [7, 11) is 1.53. The third-order valence-electron chi connectivity index (χ3n) is 2.74. The molecule has 4 nitrogen and oxygen atoms in total. The maximum absolute atomic E-state index is 13.5. The Kier molecular flexibility index (Phi) is 5.47. The number of carbonyl (C=O) groups excluding carboxylic acids is 1. The molecule has 19 heavy (non-hydrogen) atoms. The topological polar surface area (TPSA) is 57.6 Å². The third kappa shape index (κ3) is 4.63. The van der Waals surface area contributed by atoms with E-state index < -0.39 is 17.7 Å². The number of aliphatic carboxylic acids is 1. The van der Waals surface area contributed by atoms with Gasteiger partial charge in [0.1, 0.15) is 5.82 Å². The van der Waals surface area contributed by atoms with Crippen molar-refractivity contribution in [1.82, 2.24) is 4.90 Å². The molecule has 0 aliphatic rings. The second kappa shape index (κ2) is 6.65. The molecule has 1 rings (SSSR count). The first kappa shape index (κ1) is 15.6. The van der Waals surface area contributed by atoms with Crippen molar-refractivity contribution >= 4 is 27.8 Å². The van der Waals surface area contributed by atoms with Gasteiger partial charge in [-0.25, -0.2) is 4.39 Å². The lowest BCUT2D eigenvalue weighted by Gasteiger charge is -2.19. The van der Waals surface area contributed by atoms with E-state index in [0.29, 0.717) is 5.56 Å². The van der Waals surface area contributed by atoms with Crippen LogP contribution in [0.1, 0.15) is 18.9 Å². The summed E-state index contributed by atoms with van der Waals surface area (Å²) in [5.74, 6) is -2.49. The van der Waals surface area contributed by atoms with Crippen molar-refractivity contribution in [2.24, 2.45) is 5.92 Å². The standard InChI is InChI=1S/C13H15BrFNO3/c1-8(13(18)19)5-12(17)16(2)7-9-6-10(14)3-4-11(9)15/h3-4,6,8H,5,7H2,1-2H3,(H,18,19). The van der Waals surface area contributed by atoms with Crippen LogP contribution in [-0.2, 0) is 16.1 Å². The molecular formula is C13H15BrFNO3. The van der Waals surface area contributed by atoms with Crippen molar-refractivity contribution in [2.45, 2.75) is 19.9 Å². The molecule has 0 spiro atoms. The number of halogens is 2. The van der Waals surface area contributed by atoms with Crippen LogP contribution in [0, 0.1) is 11.7 Å². The first-order chi connectivity index (χ1) is 8.81. The molecule has 1 unspecified atom stereocenters. The zero-order chi connectivity index (χ0) is 14.6. The van der Waals surface area contributed by atoms with Gasteiger partial charge in [0, 0.05) is 30.0 Å². The number of rotatable bonds is 5. The highest BCUT2D eigenvalue weighted by Crippen LogP contribution is 2.17. The van der Waals surface area contributed by atoms with E-state index in [-0.39, 0.29) is 18.9 Å². The van der Waals surface area contributed by atoms with Crippen LogP contribution in [0.2, 0.25) is 0 Å². The summed E-state index contributed by atoms with van der Waals surface area (Å²) < 4.78 is 14.3. The van der Waals surface area contributed by atoms with E-state index in [2.05, 4.69) is 15.9 Å². The Bertz CT molecular complexity index is 493. The Morgan fingerprint density at radius 1 is 1.47 bits per heavy atom. The fraction of sp³-hybridized carbons (Fsp3) is 0.385. The van der Waals surface area contributed by atoms with Gasteiger partial charge >= 0.3 is 5.97 Å². The summed E-state index contributed by atoms with van der Waals surface area (Å²) >= 11 is 3.23. The lowest BCUT2D eigenvalue weighted by atomic mass is 10.1. The van der Waals surface area contributed by atoms with Crippen molar-refractivity contribution in [3.05, 3.63) is 34.1 Å². The molecule has 0 saturated carbocycles. The average molecular weight is 332 g/mol. The first-order valence-electron chi connectivity index (χ1n) is 5.72. The van der Waals surface area contributed by atoms with E-state index in [4.69, 9.17) is 5.11 Å². The number of amides is 1. The van der Waals surface area contributed by atoms with Gasteiger partial charge < -0.3 is 10.0 Å². The minimum atomic E-state index is -1.02. The van der Waals surface area contributed by atoms with E-state index in [0.717, 1.165) is 4.47 Å². The molecule has 0 bridgehead atoms. The molecule has 0 radical (unpaired) electrons. The van der Waals surface area contributed by atoms with Crippen molar-refractivity contribution in [3.63, 3.8) is 0 Å². The van der Waals surface area contributed by atoms with E-state index in [1.54, 1.807) is 12.1 Å². The van der Waals surface area contributed by atoms with Gasteiger partial charge in [-0.1, -0.05) is 22.9 Å². The van der Waals surface area contributed by atoms with Gasteiger partial charge in [0.15, 0.2) is 0 Å². The van der Waals surface area contributed by atoms with Crippen LogP contribution < -0.4 is 0 Å². The van der Waals surface area contributed by atoms with Crippen molar-refractivity contribution < 1.29 is 19.1 Å². The van der Waals surface area contributed by atoms with Crippen molar-refractivity contribution in [3.8, 4) is 0 Å². The zero-order valence-corrected chi connectivity index (χ0v) is 12.3. The average Bonchev–Trinajstić information content (AvgIpc) is 2.33. The van der Waals surface area contributed by atoms with Crippen LogP contribution in [-0.4, -0.2) is 28.9 Å².